The second-order valence-corrected chi connectivity index (χ2v) is 5.64. The summed E-state index contributed by atoms with van der Waals surface area (Å²) in [7, 11) is 0. The molecule has 0 saturated heterocycles. The van der Waals surface area contributed by atoms with E-state index in [0.29, 0.717) is 5.92 Å². The highest BCUT2D eigenvalue weighted by atomic mass is 16.6. The number of rotatable bonds is 6. The summed E-state index contributed by atoms with van der Waals surface area (Å²) in [6.07, 6.45) is 6.54. The normalized spacial score (nSPS) is 17.8. The molecule has 0 atom stereocenters. The Morgan fingerprint density at radius 3 is 2.60 bits per heavy atom. The average molecular weight is 272 g/mol. The SMILES string of the molecule is N#Cc1ccnc(NCC(C2CC2)C2CC2)c1[N+](=O)[O-]. The number of nitrogens with zero attached hydrogens (tertiary/aromatic N) is 3. The second-order valence-electron chi connectivity index (χ2n) is 5.64. The van der Waals surface area contributed by atoms with Gasteiger partial charge in [-0.05, 0) is 49.5 Å². The monoisotopic (exact) mass is 272 g/mol. The predicted octanol–water partition coefficient (Wildman–Crippen LogP) is 2.71. The van der Waals surface area contributed by atoms with Crippen LogP contribution in [-0.4, -0.2) is 16.5 Å². The molecule has 0 radical (unpaired) electrons. The summed E-state index contributed by atoms with van der Waals surface area (Å²) in [6, 6.07) is 3.23. The van der Waals surface area contributed by atoms with Crippen molar-refractivity contribution in [1.82, 2.24) is 4.98 Å². The van der Waals surface area contributed by atoms with Gasteiger partial charge in [0.05, 0.1) is 4.92 Å². The van der Waals surface area contributed by atoms with Gasteiger partial charge in [0.15, 0.2) is 0 Å². The Labute approximate surface area is 117 Å². The van der Waals surface area contributed by atoms with Crippen LogP contribution >= 0.6 is 0 Å². The molecule has 0 unspecified atom stereocenters. The van der Waals surface area contributed by atoms with E-state index in [4.69, 9.17) is 5.26 Å². The van der Waals surface area contributed by atoms with Crippen LogP contribution in [0.2, 0.25) is 0 Å². The van der Waals surface area contributed by atoms with Gasteiger partial charge >= 0.3 is 5.69 Å². The van der Waals surface area contributed by atoms with Gasteiger partial charge in [0.25, 0.3) is 0 Å². The molecule has 1 aromatic rings. The zero-order valence-corrected chi connectivity index (χ0v) is 11.1. The number of hydrogen-bond donors (Lipinski definition) is 1. The van der Waals surface area contributed by atoms with E-state index in [2.05, 4.69) is 10.3 Å². The molecule has 0 bridgehead atoms. The molecule has 6 heteroatoms. The Balaban J connectivity index is 1.76. The third kappa shape index (κ3) is 2.57. The molecule has 1 N–H and O–H groups in total. The topological polar surface area (TPSA) is 91.8 Å². The smallest absolute Gasteiger partial charge is 0.328 e. The minimum Gasteiger partial charge on any atom is -0.364 e. The highest BCUT2D eigenvalue weighted by molar-refractivity contribution is 5.64. The number of pyridine rings is 1. The van der Waals surface area contributed by atoms with Gasteiger partial charge in [0.2, 0.25) is 5.82 Å². The summed E-state index contributed by atoms with van der Waals surface area (Å²) in [4.78, 5) is 14.6. The van der Waals surface area contributed by atoms with Crippen molar-refractivity contribution in [3.8, 4) is 6.07 Å². The van der Waals surface area contributed by atoms with Crippen LogP contribution in [0.5, 0.6) is 0 Å². The predicted molar refractivity (Wildman–Crippen MR) is 73.0 cm³/mol. The molecule has 1 heterocycles. The number of nitriles is 1. The van der Waals surface area contributed by atoms with Gasteiger partial charge in [-0.1, -0.05) is 0 Å². The van der Waals surface area contributed by atoms with E-state index in [-0.39, 0.29) is 17.1 Å². The molecule has 104 valence electrons. The molecule has 0 aromatic carbocycles. The Morgan fingerprint density at radius 1 is 1.45 bits per heavy atom. The van der Waals surface area contributed by atoms with Crippen LogP contribution in [0.1, 0.15) is 31.2 Å². The Morgan fingerprint density at radius 2 is 2.10 bits per heavy atom. The van der Waals surface area contributed by atoms with E-state index in [1.54, 1.807) is 0 Å². The number of hydrogen-bond acceptors (Lipinski definition) is 5. The van der Waals surface area contributed by atoms with Crippen molar-refractivity contribution in [2.45, 2.75) is 25.7 Å². The summed E-state index contributed by atoms with van der Waals surface area (Å²) in [5.41, 5.74) is -0.151. The van der Waals surface area contributed by atoms with Gasteiger partial charge < -0.3 is 5.32 Å². The molecular formula is C14H16N4O2. The summed E-state index contributed by atoms with van der Waals surface area (Å²) in [5, 5.41) is 23.2. The molecular weight excluding hydrogens is 256 g/mol. The lowest BCUT2D eigenvalue weighted by Gasteiger charge is -2.16. The molecule has 2 fully saturated rings. The van der Waals surface area contributed by atoms with Crippen molar-refractivity contribution in [2.75, 3.05) is 11.9 Å². The molecule has 2 aliphatic carbocycles. The average Bonchev–Trinajstić information content (AvgIpc) is 3.31. The van der Waals surface area contributed by atoms with E-state index >= 15 is 0 Å². The van der Waals surface area contributed by atoms with Crippen LogP contribution in [0.15, 0.2) is 12.3 Å². The van der Waals surface area contributed by atoms with Crippen LogP contribution in [0.4, 0.5) is 11.5 Å². The van der Waals surface area contributed by atoms with Crippen molar-refractivity contribution in [1.29, 1.82) is 5.26 Å². The fourth-order valence-corrected chi connectivity index (χ4v) is 2.84. The van der Waals surface area contributed by atoms with Gasteiger partial charge in [-0.2, -0.15) is 5.26 Å². The molecule has 1 aromatic heterocycles. The lowest BCUT2D eigenvalue weighted by Crippen LogP contribution is -2.19. The van der Waals surface area contributed by atoms with Gasteiger partial charge in [-0.25, -0.2) is 4.98 Å². The molecule has 0 amide bonds. The summed E-state index contributed by atoms with van der Waals surface area (Å²) in [5.74, 6) is 2.36. The zero-order valence-electron chi connectivity index (χ0n) is 11.1. The van der Waals surface area contributed by atoms with E-state index in [0.717, 1.165) is 18.4 Å². The lowest BCUT2D eigenvalue weighted by atomic mass is 9.98. The fourth-order valence-electron chi connectivity index (χ4n) is 2.84. The maximum atomic E-state index is 11.1. The lowest BCUT2D eigenvalue weighted by molar-refractivity contribution is -0.384. The van der Waals surface area contributed by atoms with Crippen LogP contribution < -0.4 is 5.32 Å². The Kier molecular flexibility index (Phi) is 3.26. The number of nitro groups is 1. The molecule has 0 aliphatic heterocycles. The molecule has 2 saturated carbocycles. The van der Waals surface area contributed by atoms with Crippen LogP contribution in [-0.2, 0) is 0 Å². The quantitative estimate of drug-likeness (QED) is 0.635. The van der Waals surface area contributed by atoms with Crippen LogP contribution in [0.3, 0.4) is 0 Å². The van der Waals surface area contributed by atoms with E-state index in [1.165, 1.54) is 37.9 Å². The molecule has 0 spiro atoms. The largest absolute Gasteiger partial charge is 0.364 e. The minimum atomic E-state index is -0.531. The summed E-state index contributed by atoms with van der Waals surface area (Å²) in [6.45, 7) is 0.720. The number of nitrogens with one attached hydrogen (secondary N) is 1. The third-order valence-corrected chi connectivity index (χ3v) is 4.19. The van der Waals surface area contributed by atoms with Crippen LogP contribution in [0.25, 0.3) is 0 Å². The highest BCUT2D eigenvalue weighted by Crippen LogP contribution is 2.49. The third-order valence-electron chi connectivity index (χ3n) is 4.19. The van der Waals surface area contributed by atoms with Gasteiger partial charge in [-0.3, -0.25) is 10.1 Å². The Bertz CT molecular complexity index is 561. The van der Waals surface area contributed by atoms with Crippen molar-refractivity contribution in [2.24, 2.45) is 17.8 Å². The van der Waals surface area contributed by atoms with Crippen molar-refractivity contribution in [3.05, 3.63) is 27.9 Å². The maximum Gasteiger partial charge on any atom is 0.328 e. The van der Waals surface area contributed by atoms with Crippen molar-refractivity contribution in [3.63, 3.8) is 0 Å². The number of aromatic nitrogens is 1. The zero-order chi connectivity index (χ0) is 14.1. The van der Waals surface area contributed by atoms with E-state index in [1.807, 2.05) is 6.07 Å². The van der Waals surface area contributed by atoms with E-state index < -0.39 is 4.92 Å². The van der Waals surface area contributed by atoms with Gasteiger partial charge in [-0.15, -0.1) is 0 Å². The fraction of sp³-hybridized carbons (Fsp3) is 0.571. The Hall–Kier alpha value is -2.16. The first-order valence-corrected chi connectivity index (χ1v) is 6.98. The second kappa shape index (κ2) is 5.08. The van der Waals surface area contributed by atoms with Crippen LogP contribution in [0, 0.1) is 39.2 Å². The summed E-state index contributed by atoms with van der Waals surface area (Å²) < 4.78 is 0. The van der Waals surface area contributed by atoms with Crippen molar-refractivity contribution < 1.29 is 4.92 Å². The first kappa shape index (κ1) is 12.9. The molecule has 6 nitrogen and oxygen atoms in total. The first-order chi connectivity index (χ1) is 9.70. The molecule has 2 aliphatic rings. The van der Waals surface area contributed by atoms with E-state index in [9.17, 15) is 10.1 Å². The standard InChI is InChI=1S/C14H16N4O2/c15-7-11-5-6-16-14(13(11)18(19)20)17-8-12(9-1-2-9)10-3-4-10/h5-6,9-10,12H,1-4,8H2,(H,16,17). The summed E-state index contributed by atoms with van der Waals surface area (Å²) >= 11 is 0. The van der Waals surface area contributed by atoms with Gasteiger partial charge in [0.1, 0.15) is 11.6 Å². The molecule has 3 rings (SSSR count). The highest BCUT2D eigenvalue weighted by Gasteiger charge is 2.41. The minimum absolute atomic E-state index is 0.0573. The first-order valence-electron chi connectivity index (χ1n) is 6.98. The van der Waals surface area contributed by atoms with Gasteiger partial charge in [0, 0.05) is 12.7 Å². The maximum absolute atomic E-state index is 11.1. The number of anilines is 1. The van der Waals surface area contributed by atoms with Crippen molar-refractivity contribution >= 4 is 11.5 Å². The molecule has 20 heavy (non-hydrogen) atoms.